The van der Waals surface area contributed by atoms with Crippen molar-refractivity contribution < 1.29 is 22.1 Å². The SMILES string of the molecule is [O-][S@@+](c1nc2n(n1)[C@H](c1cc(F)cc(F)c1)CC2)C(F)F. The first-order valence-corrected chi connectivity index (χ1v) is 7.27. The average Bonchev–Trinajstić information content (AvgIpc) is 2.95. The van der Waals surface area contributed by atoms with Crippen molar-refractivity contribution in [2.45, 2.75) is 29.8 Å². The summed E-state index contributed by atoms with van der Waals surface area (Å²) in [5.74, 6) is -4.14. The van der Waals surface area contributed by atoms with E-state index in [1.54, 1.807) is 0 Å². The number of rotatable bonds is 3. The molecule has 0 amide bonds. The average molecular weight is 319 g/mol. The molecule has 1 aliphatic rings. The lowest BCUT2D eigenvalue weighted by atomic mass is 10.0. The van der Waals surface area contributed by atoms with Gasteiger partial charge < -0.3 is 4.55 Å². The van der Waals surface area contributed by atoms with Gasteiger partial charge in [-0.05, 0) is 24.1 Å². The van der Waals surface area contributed by atoms with E-state index in [9.17, 15) is 22.1 Å². The van der Waals surface area contributed by atoms with E-state index in [0.29, 0.717) is 24.2 Å². The number of nitrogens with zero attached hydrogens (tertiary/aromatic N) is 3. The van der Waals surface area contributed by atoms with E-state index in [1.807, 2.05) is 0 Å². The molecule has 2 atom stereocenters. The van der Waals surface area contributed by atoms with Crippen LogP contribution >= 0.6 is 0 Å². The molecule has 9 heteroatoms. The van der Waals surface area contributed by atoms with E-state index in [2.05, 4.69) is 10.1 Å². The second-order valence-electron chi connectivity index (χ2n) is 4.57. The minimum atomic E-state index is -3.07. The van der Waals surface area contributed by atoms with Crippen molar-refractivity contribution >= 4 is 11.2 Å². The highest BCUT2D eigenvalue weighted by Crippen LogP contribution is 2.32. The van der Waals surface area contributed by atoms with E-state index < -0.39 is 39.8 Å². The molecule has 0 N–H and O–H groups in total. The van der Waals surface area contributed by atoms with Crippen molar-refractivity contribution in [3.63, 3.8) is 0 Å². The Morgan fingerprint density at radius 1 is 1.24 bits per heavy atom. The Balaban J connectivity index is 1.96. The highest BCUT2D eigenvalue weighted by molar-refractivity contribution is 7.91. The van der Waals surface area contributed by atoms with Crippen LogP contribution in [-0.4, -0.2) is 25.1 Å². The van der Waals surface area contributed by atoms with Gasteiger partial charge >= 0.3 is 10.9 Å². The molecule has 21 heavy (non-hydrogen) atoms. The van der Waals surface area contributed by atoms with Gasteiger partial charge in [-0.3, -0.25) is 0 Å². The summed E-state index contributed by atoms with van der Waals surface area (Å²) in [5, 5.41) is 3.35. The van der Waals surface area contributed by atoms with Crippen LogP contribution in [0.1, 0.15) is 23.9 Å². The smallest absolute Gasteiger partial charge is 0.405 e. The maximum absolute atomic E-state index is 13.3. The lowest BCUT2D eigenvalue weighted by Gasteiger charge is -2.12. The van der Waals surface area contributed by atoms with E-state index in [-0.39, 0.29) is 0 Å². The Labute approximate surface area is 120 Å². The predicted octanol–water partition coefficient (Wildman–Crippen LogP) is 2.42. The van der Waals surface area contributed by atoms with Crippen LogP contribution in [0.3, 0.4) is 0 Å². The predicted molar refractivity (Wildman–Crippen MR) is 65.3 cm³/mol. The summed E-state index contributed by atoms with van der Waals surface area (Å²) in [6.07, 6.45) is 0.913. The maximum atomic E-state index is 13.3. The van der Waals surface area contributed by atoms with Gasteiger partial charge in [-0.15, -0.1) is 5.10 Å². The number of benzene rings is 1. The van der Waals surface area contributed by atoms with Gasteiger partial charge in [0, 0.05) is 12.5 Å². The summed E-state index contributed by atoms with van der Waals surface area (Å²) in [5.41, 5.74) is 0.338. The molecule has 0 unspecified atom stereocenters. The van der Waals surface area contributed by atoms with E-state index >= 15 is 0 Å². The standard InChI is InChI=1S/C12H9F4N3OS/c13-7-3-6(4-8(14)5-7)9-1-2-10-17-12(18-19(9)10)21(20)11(15)16/h3-5,9,11H,1-2H2/t9-,21+/m0/s1. The number of fused-ring (bicyclic) bond motifs is 1. The lowest BCUT2D eigenvalue weighted by molar-refractivity contribution is 0.233. The Hall–Kier alpha value is -1.61. The topological polar surface area (TPSA) is 53.8 Å². The molecule has 0 radical (unpaired) electrons. The molecule has 0 saturated heterocycles. The third-order valence-electron chi connectivity index (χ3n) is 3.23. The van der Waals surface area contributed by atoms with Crippen LogP contribution < -0.4 is 0 Å². The summed E-state index contributed by atoms with van der Waals surface area (Å²) in [4.78, 5) is 3.82. The third-order valence-corrected chi connectivity index (χ3v) is 4.09. The number of aromatic nitrogens is 3. The zero-order chi connectivity index (χ0) is 15.1. The maximum Gasteiger partial charge on any atom is 0.405 e. The van der Waals surface area contributed by atoms with Gasteiger partial charge in [0.2, 0.25) is 0 Å². The molecule has 0 aliphatic carbocycles. The number of aryl methyl sites for hydroxylation is 1. The Morgan fingerprint density at radius 2 is 1.90 bits per heavy atom. The Morgan fingerprint density at radius 3 is 2.52 bits per heavy atom. The molecule has 0 spiro atoms. The zero-order valence-corrected chi connectivity index (χ0v) is 11.3. The molecule has 0 fully saturated rings. The molecule has 2 aromatic rings. The summed E-state index contributed by atoms with van der Waals surface area (Å²) in [6, 6.07) is 2.57. The van der Waals surface area contributed by atoms with Gasteiger partial charge in [-0.25, -0.2) is 13.5 Å². The fourth-order valence-electron chi connectivity index (χ4n) is 2.38. The van der Waals surface area contributed by atoms with Crippen molar-refractivity contribution in [2.75, 3.05) is 0 Å². The largest absolute Gasteiger partial charge is 0.604 e. The molecular formula is C12H9F4N3OS. The molecule has 1 aliphatic heterocycles. The quantitative estimate of drug-likeness (QED) is 0.645. The minimum absolute atomic E-state index is 0.338. The van der Waals surface area contributed by atoms with E-state index in [4.69, 9.17) is 0 Å². The molecular weight excluding hydrogens is 310 g/mol. The van der Waals surface area contributed by atoms with Crippen LogP contribution in [0.5, 0.6) is 0 Å². The van der Waals surface area contributed by atoms with Crippen LogP contribution in [0.15, 0.2) is 23.4 Å². The molecule has 2 heterocycles. The van der Waals surface area contributed by atoms with Crippen LogP contribution in [0.25, 0.3) is 0 Å². The van der Waals surface area contributed by atoms with Gasteiger partial charge in [-0.2, -0.15) is 13.8 Å². The highest BCUT2D eigenvalue weighted by atomic mass is 32.2. The first-order chi connectivity index (χ1) is 9.95. The summed E-state index contributed by atoms with van der Waals surface area (Å²) < 4.78 is 64.0. The van der Waals surface area contributed by atoms with Crippen molar-refractivity contribution in [3.05, 3.63) is 41.2 Å². The normalized spacial score (nSPS) is 19.0. The molecule has 1 aromatic heterocycles. The molecule has 3 rings (SSSR count). The second-order valence-corrected chi connectivity index (χ2v) is 5.89. The van der Waals surface area contributed by atoms with Crippen LogP contribution in [0.2, 0.25) is 0 Å². The third kappa shape index (κ3) is 2.62. The first-order valence-electron chi connectivity index (χ1n) is 6.06. The van der Waals surface area contributed by atoms with Gasteiger partial charge in [0.1, 0.15) is 17.5 Å². The zero-order valence-electron chi connectivity index (χ0n) is 10.5. The van der Waals surface area contributed by atoms with E-state index in [0.717, 1.165) is 18.2 Å². The molecule has 1 aromatic carbocycles. The minimum Gasteiger partial charge on any atom is -0.604 e. The summed E-state index contributed by atoms with van der Waals surface area (Å²) in [7, 11) is 0. The Bertz CT molecular complexity index is 658. The van der Waals surface area contributed by atoms with Crippen molar-refractivity contribution in [1.82, 2.24) is 14.8 Å². The molecule has 112 valence electrons. The lowest BCUT2D eigenvalue weighted by Crippen LogP contribution is -2.15. The monoisotopic (exact) mass is 319 g/mol. The fourth-order valence-corrected chi connectivity index (χ4v) is 2.91. The molecule has 4 nitrogen and oxygen atoms in total. The van der Waals surface area contributed by atoms with Gasteiger partial charge in [0.15, 0.2) is 0 Å². The number of alkyl halides is 2. The molecule has 0 saturated carbocycles. The van der Waals surface area contributed by atoms with Gasteiger partial charge in [-0.1, -0.05) is 0 Å². The Kier molecular flexibility index (Phi) is 3.62. The van der Waals surface area contributed by atoms with E-state index in [1.165, 1.54) is 4.68 Å². The van der Waals surface area contributed by atoms with Crippen molar-refractivity contribution in [2.24, 2.45) is 0 Å². The van der Waals surface area contributed by atoms with Gasteiger partial charge in [0.25, 0.3) is 0 Å². The second kappa shape index (κ2) is 5.30. The van der Waals surface area contributed by atoms with Gasteiger partial charge in [0.05, 0.1) is 17.2 Å². The van der Waals surface area contributed by atoms with Crippen LogP contribution in [0.4, 0.5) is 17.6 Å². The summed E-state index contributed by atoms with van der Waals surface area (Å²) in [6.45, 7) is 0. The van der Waals surface area contributed by atoms with Crippen LogP contribution in [0, 0.1) is 11.6 Å². The number of hydrogen-bond acceptors (Lipinski definition) is 3. The van der Waals surface area contributed by atoms with Crippen LogP contribution in [-0.2, 0) is 17.6 Å². The highest BCUT2D eigenvalue weighted by Gasteiger charge is 2.34. The first kappa shape index (κ1) is 14.3. The molecule has 0 bridgehead atoms. The number of hydrogen-bond donors (Lipinski definition) is 0. The van der Waals surface area contributed by atoms with Crippen molar-refractivity contribution in [3.8, 4) is 0 Å². The van der Waals surface area contributed by atoms with Crippen molar-refractivity contribution in [1.29, 1.82) is 0 Å². The number of halogens is 4. The fraction of sp³-hybridized carbons (Fsp3) is 0.333. The summed E-state index contributed by atoms with van der Waals surface area (Å²) >= 11 is -2.60.